The molecule has 2 atom stereocenters. The molecule has 0 saturated carbocycles. The first kappa shape index (κ1) is 18.9. The van der Waals surface area contributed by atoms with Gasteiger partial charge < -0.3 is 15.1 Å². The van der Waals surface area contributed by atoms with Gasteiger partial charge >= 0.3 is 0 Å². The quantitative estimate of drug-likeness (QED) is 0.680. The Bertz CT molecular complexity index is 556. The molecule has 1 aromatic rings. The van der Waals surface area contributed by atoms with Crippen LogP contribution in [0.15, 0.2) is 18.2 Å². The summed E-state index contributed by atoms with van der Waals surface area (Å²) in [5.41, 5.74) is 2.71. The van der Waals surface area contributed by atoms with Crippen LogP contribution in [0.25, 0.3) is 5.57 Å². The van der Waals surface area contributed by atoms with Crippen molar-refractivity contribution in [3.05, 3.63) is 29.3 Å². The lowest BCUT2D eigenvalue weighted by Gasteiger charge is -2.25. The number of hydrogen-bond donors (Lipinski definition) is 2. The molecule has 1 aliphatic rings. The lowest BCUT2D eigenvalue weighted by Crippen LogP contribution is -2.23. The van der Waals surface area contributed by atoms with Gasteiger partial charge in [-0.25, -0.2) is 0 Å². The highest BCUT2D eigenvalue weighted by Gasteiger charge is 2.21. The predicted octanol–water partition coefficient (Wildman–Crippen LogP) is 5.14. The van der Waals surface area contributed by atoms with Gasteiger partial charge in [-0.05, 0) is 48.6 Å². The van der Waals surface area contributed by atoms with Crippen molar-refractivity contribution in [2.75, 3.05) is 20.1 Å². The molecule has 0 spiro atoms. The van der Waals surface area contributed by atoms with Crippen LogP contribution in [0.4, 0.5) is 0 Å². The zero-order chi connectivity index (χ0) is 17.7. The summed E-state index contributed by atoms with van der Waals surface area (Å²) in [6.07, 6.45) is 7.92. The zero-order valence-electron chi connectivity index (χ0n) is 15.7. The maximum atomic E-state index is 10.5. The molecule has 134 valence electrons. The number of phenolic OH excluding ortho intramolecular Hbond substituents is 2. The first-order valence-electron chi connectivity index (χ1n) is 9.37. The lowest BCUT2D eigenvalue weighted by atomic mass is 9.84. The Morgan fingerprint density at radius 1 is 1.12 bits per heavy atom. The second-order valence-electron chi connectivity index (χ2n) is 7.44. The van der Waals surface area contributed by atoms with Gasteiger partial charge in [0.25, 0.3) is 0 Å². The third-order valence-electron chi connectivity index (χ3n) is 5.49. The highest BCUT2D eigenvalue weighted by atomic mass is 16.3. The highest BCUT2D eigenvalue weighted by molar-refractivity contribution is 5.76. The smallest absolute Gasteiger partial charge is 0.127 e. The number of hydrogen-bond acceptors (Lipinski definition) is 3. The second kappa shape index (κ2) is 8.57. The molecular formula is C21H33NO2. The number of likely N-dealkylation sites (N-methyl/N-ethyl adjacent to an activating group) is 1. The largest absolute Gasteiger partial charge is 0.507 e. The SMILES string of the molecule is CCCCCC(C)C(C)c1cc(O)c(C2=CCN(C)CC2)c(O)c1. The van der Waals surface area contributed by atoms with Crippen molar-refractivity contribution < 1.29 is 10.2 Å². The number of nitrogens with zero attached hydrogens (tertiary/aromatic N) is 1. The van der Waals surface area contributed by atoms with E-state index in [4.69, 9.17) is 0 Å². The maximum absolute atomic E-state index is 10.5. The summed E-state index contributed by atoms with van der Waals surface area (Å²) < 4.78 is 0. The first-order valence-corrected chi connectivity index (χ1v) is 9.37. The van der Waals surface area contributed by atoms with E-state index in [1.165, 1.54) is 25.7 Å². The molecule has 24 heavy (non-hydrogen) atoms. The summed E-state index contributed by atoms with van der Waals surface area (Å²) in [6, 6.07) is 3.71. The summed E-state index contributed by atoms with van der Waals surface area (Å²) in [5.74, 6) is 1.31. The van der Waals surface area contributed by atoms with Crippen LogP contribution in [-0.2, 0) is 0 Å². The minimum Gasteiger partial charge on any atom is -0.507 e. The topological polar surface area (TPSA) is 43.7 Å². The molecule has 1 heterocycles. The van der Waals surface area contributed by atoms with Crippen LogP contribution in [0.2, 0.25) is 0 Å². The van der Waals surface area contributed by atoms with E-state index in [9.17, 15) is 10.2 Å². The van der Waals surface area contributed by atoms with Crippen LogP contribution in [-0.4, -0.2) is 35.3 Å². The van der Waals surface area contributed by atoms with E-state index >= 15 is 0 Å². The summed E-state index contributed by atoms with van der Waals surface area (Å²) in [5, 5.41) is 21.0. The third-order valence-corrected chi connectivity index (χ3v) is 5.49. The van der Waals surface area contributed by atoms with Crippen LogP contribution in [0.1, 0.15) is 69.9 Å². The molecule has 0 aliphatic carbocycles. The van der Waals surface area contributed by atoms with Crippen molar-refractivity contribution in [3.8, 4) is 11.5 Å². The molecule has 2 N–H and O–H groups in total. The fourth-order valence-electron chi connectivity index (χ4n) is 3.52. The monoisotopic (exact) mass is 331 g/mol. The van der Waals surface area contributed by atoms with E-state index in [0.717, 1.165) is 30.6 Å². The van der Waals surface area contributed by atoms with Crippen molar-refractivity contribution in [3.63, 3.8) is 0 Å². The molecule has 3 nitrogen and oxygen atoms in total. The normalized spacial score (nSPS) is 18.2. The Morgan fingerprint density at radius 3 is 2.33 bits per heavy atom. The van der Waals surface area contributed by atoms with Crippen LogP contribution in [0.3, 0.4) is 0 Å². The lowest BCUT2D eigenvalue weighted by molar-refractivity contribution is 0.368. The van der Waals surface area contributed by atoms with E-state index in [0.29, 0.717) is 17.4 Å². The number of benzene rings is 1. The van der Waals surface area contributed by atoms with E-state index in [1.807, 2.05) is 12.1 Å². The molecule has 2 rings (SSSR count). The van der Waals surface area contributed by atoms with Crippen molar-refractivity contribution in [2.45, 2.75) is 58.8 Å². The molecule has 0 radical (unpaired) electrons. The molecule has 2 unspecified atom stereocenters. The van der Waals surface area contributed by atoms with Gasteiger partial charge in [-0.1, -0.05) is 52.5 Å². The molecule has 0 saturated heterocycles. The number of unbranched alkanes of at least 4 members (excludes halogenated alkanes) is 2. The van der Waals surface area contributed by atoms with Gasteiger partial charge in [0.2, 0.25) is 0 Å². The fourth-order valence-corrected chi connectivity index (χ4v) is 3.52. The Kier molecular flexibility index (Phi) is 6.73. The molecule has 0 aromatic heterocycles. The van der Waals surface area contributed by atoms with Gasteiger partial charge in [0.1, 0.15) is 11.5 Å². The summed E-state index contributed by atoms with van der Waals surface area (Å²) in [7, 11) is 2.08. The molecule has 0 fully saturated rings. The summed E-state index contributed by atoms with van der Waals surface area (Å²) in [6.45, 7) is 8.50. The standard InChI is InChI=1S/C21H33NO2/c1-5-6-7-8-15(2)16(3)18-13-19(23)21(20(24)14-18)17-9-11-22(4)12-10-17/h9,13-16,23-24H,5-8,10-12H2,1-4H3. The van der Waals surface area contributed by atoms with E-state index in [1.54, 1.807) is 0 Å². The molecular weight excluding hydrogens is 298 g/mol. The third kappa shape index (κ3) is 4.54. The number of rotatable bonds is 7. The summed E-state index contributed by atoms with van der Waals surface area (Å²) >= 11 is 0. The van der Waals surface area contributed by atoms with Gasteiger partial charge in [0.15, 0.2) is 0 Å². The fraction of sp³-hybridized carbons (Fsp3) is 0.619. The molecule has 1 aromatic carbocycles. The number of phenols is 2. The second-order valence-corrected chi connectivity index (χ2v) is 7.44. The Balaban J connectivity index is 2.17. The minimum absolute atomic E-state index is 0.216. The Morgan fingerprint density at radius 2 is 1.79 bits per heavy atom. The molecule has 3 heteroatoms. The summed E-state index contributed by atoms with van der Waals surface area (Å²) in [4.78, 5) is 2.23. The minimum atomic E-state index is 0.216. The van der Waals surface area contributed by atoms with E-state index in [2.05, 4.69) is 38.8 Å². The highest BCUT2D eigenvalue weighted by Crippen LogP contribution is 2.40. The zero-order valence-corrected chi connectivity index (χ0v) is 15.7. The van der Waals surface area contributed by atoms with Gasteiger partial charge in [-0.2, -0.15) is 0 Å². The average Bonchev–Trinajstić information content (AvgIpc) is 2.55. The molecule has 0 bridgehead atoms. The van der Waals surface area contributed by atoms with Crippen LogP contribution in [0.5, 0.6) is 11.5 Å². The first-order chi connectivity index (χ1) is 11.4. The Labute approximate surface area is 147 Å². The van der Waals surface area contributed by atoms with Crippen molar-refractivity contribution >= 4 is 5.57 Å². The van der Waals surface area contributed by atoms with Crippen molar-refractivity contribution in [2.24, 2.45) is 5.92 Å². The Hall–Kier alpha value is -1.48. The van der Waals surface area contributed by atoms with Crippen molar-refractivity contribution in [1.29, 1.82) is 0 Å². The van der Waals surface area contributed by atoms with Gasteiger partial charge in [-0.15, -0.1) is 0 Å². The van der Waals surface area contributed by atoms with Crippen LogP contribution >= 0.6 is 0 Å². The van der Waals surface area contributed by atoms with Gasteiger partial charge in [0.05, 0.1) is 5.56 Å². The number of aromatic hydroxyl groups is 2. The van der Waals surface area contributed by atoms with Crippen LogP contribution < -0.4 is 0 Å². The van der Waals surface area contributed by atoms with E-state index < -0.39 is 0 Å². The average molecular weight is 332 g/mol. The van der Waals surface area contributed by atoms with Gasteiger partial charge in [0, 0.05) is 13.1 Å². The maximum Gasteiger partial charge on any atom is 0.127 e. The molecule has 1 aliphatic heterocycles. The van der Waals surface area contributed by atoms with Crippen molar-refractivity contribution in [1.82, 2.24) is 4.90 Å². The molecule has 0 amide bonds. The predicted molar refractivity (Wildman–Crippen MR) is 102 cm³/mol. The van der Waals surface area contributed by atoms with Gasteiger partial charge in [-0.3, -0.25) is 0 Å². The van der Waals surface area contributed by atoms with Crippen LogP contribution in [0, 0.1) is 5.92 Å². The van der Waals surface area contributed by atoms with E-state index in [-0.39, 0.29) is 11.5 Å².